The molecule has 0 unspecified atom stereocenters. The number of anilines is 1. The second-order valence-corrected chi connectivity index (χ2v) is 9.57. The summed E-state index contributed by atoms with van der Waals surface area (Å²) in [6.07, 6.45) is 1.22. The Bertz CT molecular complexity index is 1700. The van der Waals surface area contributed by atoms with Crippen LogP contribution in [0.4, 0.5) is 5.69 Å². The van der Waals surface area contributed by atoms with Crippen molar-refractivity contribution in [2.75, 3.05) is 5.32 Å². The number of nitrogens with zero attached hydrogens (tertiary/aromatic N) is 1. The van der Waals surface area contributed by atoms with Crippen LogP contribution >= 0.6 is 0 Å². The number of para-hydroxylation sites is 1. The number of rotatable bonds is 7. The molecule has 0 radical (unpaired) electrons. The van der Waals surface area contributed by atoms with E-state index in [1.54, 1.807) is 48.5 Å². The van der Waals surface area contributed by atoms with Gasteiger partial charge in [0.1, 0.15) is 16.5 Å². The van der Waals surface area contributed by atoms with Gasteiger partial charge in [0.2, 0.25) is 0 Å². The van der Waals surface area contributed by atoms with Crippen LogP contribution in [0.15, 0.2) is 95.4 Å². The topological polar surface area (TPSA) is 134 Å². The molecular weight excluding hydrogens is 492 g/mol. The Morgan fingerprint density at radius 3 is 2.32 bits per heavy atom. The van der Waals surface area contributed by atoms with E-state index in [0.29, 0.717) is 5.39 Å². The number of fused-ring (bicyclic) bond motifs is 1. The molecule has 0 atom stereocenters. The molecule has 0 aliphatic rings. The maximum atomic E-state index is 13.0. The molecule has 0 aliphatic heterocycles. The van der Waals surface area contributed by atoms with Crippen LogP contribution in [-0.2, 0) is 14.9 Å². The van der Waals surface area contributed by atoms with Gasteiger partial charge in [0.25, 0.3) is 5.91 Å². The number of nitrogens with one attached hydrogen (secondary N) is 1. The standard InChI is InChI=1S/C28H20N2O6S/c1-18-10-13-21(14-11-18)37(34,35)36-26-15-12-19-6-2-3-7-22(19)24(26)16-20(17-29)27(31)30-25-9-5-4-8-23(25)28(32)33/h2-16H,1H3,(H,30,31)(H,32,33)/b20-16+. The molecule has 4 aromatic rings. The first-order chi connectivity index (χ1) is 17.7. The van der Waals surface area contributed by atoms with Gasteiger partial charge in [-0.15, -0.1) is 0 Å². The molecular formula is C28H20N2O6S. The van der Waals surface area contributed by atoms with Crippen molar-refractivity contribution in [3.8, 4) is 11.8 Å². The Morgan fingerprint density at radius 2 is 1.62 bits per heavy atom. The molecule has 0 aliphatic carbocycles. The predicted molar refractivity (Wildman–Crippen MR) is 139 cm³/mol. The van der Waals surface area contributed by atoms with Crippen molar-refractivity contribution in [2.24, 2.45) is 0 Å². The number of carbonyl (C=O) groups excluding carboxylic acids is 1. The number of amides is 1. The minimum Gasteiger partial charge on any atom is -0.478 e. The molecule has 0 aromatic heterocycles. The Morgan fingerprint density at radius 1 is 0.946 bits per heavy atom. The lowest BCUT2D eigenvalue weighted by Gasteiger charge is -2.13. The second kappa shape index (κ2) is 10.4. The molecule has 0 spiro atoms. The SMILES string of the molecule is Cc1ccc(S(=O)(=O)Oc2ccc3ccccc3c2/C=C(\C#N)C(=O)Nc2ccccc2C(=O)O)cc1. The number of carboxylic acid groups (broad SMARTS) is 1. The summed E-state index contributed by atoms with van der Waals surface area (Å²) in [5.41, 5.74) is 0.563. The number of carboxylic acids is 1. The third-order valence-corrected chi connectivity index (χ3v) is 6.75. The molecule has 0 fully saturated rings. The van der Waals surface area contributed by atoms with E-state index in [9.17, 15) is 28.4 Å². The number of hydrogen-bond donors (Lipinski definition) is 2. The first kappa shape index (κ1) is 25.2. The highest BCUT2D eigenvalue weighted by molar-refractivity contribution is 7.87. The normalized spacial score (nSPS) is 11.5. The quantitative estimate of drug-likeness (QED) is 0.198. The number of benzene rings is 4. The van der Waals surface area contributed by atoms with E-state index in [2.05, 4.69) is 5.32 Å². The monoisotopic (exact) mass is 512 g/mol. The fraction of sp³-hybridized carbons (Fsp3) is 0.0357. The maximum absolute atomic E-state index is 13.0. The predicted octanol–water partition coefficient (Wildman–Crippen LogP) is 5.16. The summed E-state index contributed by atoms with van der Waals surface area (Å²) >= 11 is 0. The van der Waals surface area contributed by atoms with Crippen molar-refractivity contribution in [1.82, 2.24) is 0 Å². The lowest BCUT2D eigenvalue weighted by atomic mass is 10.0. The van der Waals surface area contributed by atoms with Crippen LogP contribution < -0.4 is 9.50 Å². The second-order valence-electron chi connectivity index (χ2n) is 8.02. The molecule has 0 saturated heterocycles. The largest absolute Gasteiger partial charge is 0.478 e. The van der Waals surface area contributed by atoms with Gasteiger partial charge in [0.15, 0.2) is 5.75 Å². The van der Waals surface area contributed by atoms with Crippen LogP contribution in [0.25, 0.3) is 16.8 Å². The van der Waals surface area contributed by atoms with E-state index in [-0.39, 0.29) is 33.0 Å². The summed E-state index contributed by atoms with van der Waals surface area (Å²) in [5, 5.41) is 22.8. The van der Waals surface area contributed by atoms with Gasteiger partial charge in [-0.1, -0.05) is 60.2 Å². The number of aryl methyl sites for hydroxylation is 1. The zero-order valence-electron chi connectivity index (χ0n) is 19.5. The highest BCUT2D eigenvalue weighted by Crippen LogP contribution is 2.32. The van der Waals surface area contributed by atoms with Crippen molar-refractivity contribution in [1.29, 1.82) is 5.26 Å². The molecule has 0 heterocycles. The molecule has 1 amide bonds. The number of hydrogen-bond acceptors (Lipinski definition) is 6. The summed E-state index contributed by atoms with van der Waals surface area (Å²) in [6, 6.07) is 23.9. The van der Waals surface area contributed by atoms with Crippen molar-refractivity contribution in [3.63, 3.8) is 0 Å². The summed E-state index contributed by atoms with van der Waals surface area (Å²) in [4.78, 5) is 24.4. The van der Waals surface area contributed by atoms with Crippen LogP contribution in [0.5, 0.6) is 5.75 Å². The molecule has 8 nitrogen and oxygen atoms in total. The molecule has 37 heavy (non-hydrogen) atoms. The zero-order valence-corrected chi connectivity index (χ0v) is 20.3. The first-order valence-electron chi connectivity index (χ1n) is 11.0. The fourth-order valence-electron chi connectivity index (χ4n) is 3.63. The average molecular weight is 513 g/mol. The van der Waals surface area contributed by atoms with E-state index >= 15 is 0 Å². The Labute approximate surface area is 213 Å². The van der Waals surface area contributed by atoms with Crippen LogP contribution in [-0.4, -0.2) is 25.4 Å². The van der Waals surface area contributed by atoms with Crippen LogP contribution in [0, 0.1) is 18.3 Å². The third-order valence-electron chi connectivity index (χ3n) is 5.50. The maximum Gasteiger partial charge on any atom is 0.339 e. The lowest BCUT2D eigenvalue weighted by molar-refractivity contribution is -0.112. The van der Waals surface area contributed by atoms with Crippen molar-refractivity contribution in [2.45, 2.75) is 11.8 Å². The molecule has 0 saturated carbocycles. The first-order valence-corrected chi connectivity index (χ1v) is 12.4. The Hall–Kier alpha value is -4.94. The summed E-state index contributed by atoms with van der Waals surface area (Å²) in [7, 11) is -4.23. The minimum absolute atomic E-state index is 0.0116. The van der Waals surface area contributed by atoms with E-state index in [1.165, 1.54) is 42.5 Å². The Kier molecular flexibility index (Phi) is 7.04. The van der Waals surface area contributed by atoms with Gasteiger partial charge < -0.3 is 14.6 Å². The van der Waals surface area contributed by atoms with Gasteiger partial charge >= 0.3 is 16.1 Å². The molecule has 2 N–H and O–H groups in total. The van der Waals surface area contributed by atoms with Crippen molar-refractivity contribution < 1.29 is 27.3 Å². The average Bonchev–Trinajstić information content (AvgIpc) is 2.88. The van der Waals surface area contributed by atoms with Crippen LogP contribution in [0.2, 0.25) is 0 Å². The van der Waals surface area contributed by atoms with E-state index in [4.69, 9.17) is 4.18 Å². The summed E-state index contributed by atoms with van der Waals surface area (Å²) in [5.74, 6) is -2.19. The van der Waals surface area contributed by atoms with E-state index in [1.807, 2.05) is 13.0 Å². The van der Waals surface area contributed by atoms with Gasteiger partial charge in [-0.3, -0.25) is 4.79 Å². The van der Waals surface area contributed by atoms with Crippen molar-refractivity contribution >= 4 is 44.5 Å². The van der Waals surface area contributed by atoms with Crippen molar-refractivity contribution in [3.05, 3.63) is 107 Å². The number of aromatic carboxylic acids is 1. The fourth-order valence-corrected chi connectivity index (χ4v) is 4.58. The van der Waals surface area contributed by atoms with Gasteiger partial charge in [-0.2, -0.15) is 13.7 Å². The highest BCUT2D eigenvalue weighted by Gasteiger charge is 2.21. The van der Waals surface area contributed by atoms with Gasteiger partial charge in [-0.25, -0.2) is 4.79 Å². The number of carbonyl (C=O) groups is 2. The molecule has 0 bridgehead atoms. The van der Waals surface area contributed by atoms with E-state index in [0.717, 1.165) is 10.9 Å². The molecule has 4 aromatic carbocycles. The summed E-state index contributed by atoms with van der Waals surface area (Å²) in [6.45, 7) is 1.83. The van der Waals surface area contributed by atoms with E-state index < -0.39 is 22.0 Å². The smallest absolute Gasteiger partial charge is 0.339 e. The lowest BCUT2D eigenvalue weighted by Crippen LogP contribution is -2.16. The van der Waals surface area contributed by atoms with Gasteiger partial charge in [0, 0.05) is 5.56 Å². The number of nitriles is 1. The van der Waals surface area contributed by atoms with Gasteiger partial charge in [0.05, 0.1) is 11.3 Å². The molecule has 184 valence electrons. The zero-order chi connectivity index (χ0) is 26.6. The van der Waals surface area contributed by atoms with Crippen LogP contribution in [0.1, 0.15) is 21.5 Å². The van der Waals surface area contributed by atoms with Crippen LogP contribution in [0.3, 0.4) is 0 Å². The molecule has 9 heteroatoms. The Balaban J connectivity index is 1.79. The summed E-state index contributed by atoms with van der Waals surface area (Å²) < 4.78 is 31.4. The third kappa shape index (κ3) is 5.50. The van der Waals surface area contributed by atoms with Gasteiger partial charge in [-0.05, 0) is 54.1 Å². The highest BCUT2D eigenvalue weighted by atomic mass is 32.2. The molecule has 4 rings (SSSR count). The minimum atomic E-state index is -4.23.